The van der Waals surface area contributed by atoms with E-state index < -0.39 is 22.5 Å². The van der Waals surface area contributed by atoms with Crippen LogP contribution in [0.4, 0.5) is 5.69 Å². The van der Waals surface area contributed by atoms with Gasteiger partial charge in [0.25, 0.3) is 0 Å². The fourth-order valence-electron chi connectivity index (χ4n) is 2.25. The van der Waals surface area contributed by atoms with Gasteiger partial charge in [0.2, 0.25) is 15.9 Å². The van der Waals surface area contributed by atoms with Gasteiger partial charge in [-0.25, -0.2) is 8.42 Å². The normalized spacial score (nSPS) is 11.4. The average molecular weight is 402 g/mol. The molecule has 0 aliphatic rings. The number of carbonyl (C=O) groups is 2. The standard InChI is InChI=1S/C20H22N2O5S/c1-3-15-4-6-16(7-5-15)8-13-19(23)22-17-9-11-18(12-10-17)28(25,26)21-14-20(24)27-2/h4-13,21H,3,14H2,1-2H3,(H,22,23)/b13-8+. The highest BCUT2D eigenvalue weighted by Crippen LogP contribution is 2.14. The minimum atomic E-state index is -3.84. The third-order valence-corrected chi connectivity index (χ3v) is 5.30. The number of benzene rings is 2. The summed E-state index contributed by atoms with van der Waals surface area (Å²) in [4.78, 5) is 23.1. The number of nitrogens with one attached hydrogen (secondary N) is 2. The van der Waals surface area contributed by atoms with Crippen molar-refractivity contribution in [3.8, 4) is 0 Å². The molecule has 148 valence electrons. The lowest BCUT2D eigenvalue weighted by atomic mass is 10.1. The summed E-state index contributed by atoms with van der Waals surface area (Å²) < 4.78 is 30.7. The van der Waals surface area contributed by atoms with Crippen molar-refractivity contribution in [2.24, 2.45) is 0 Å². The third kappa shape index (κ3) is 6.33. The smallest absolute Gasteiger partial charge is 0.320 e. The fraction of sp³-hybridized carbons (Fsp3) is 0.200. The minimum Gasteiger partial charge on any atom is -0.468 e. The number of hydrogen-bond donors (Lipinski definition) is 2. The highest BCUT2D eigenvalue weighted by molar-refractivity contribution is 7.89. The molecule has 0 aromatic heterocycles. The van der Waals surface area contributed by atoms with Crippen LogP contribution in [0.1, 0.15) is 18.1 Å². The van der Waals surface area contributed by atoms with E-state index in [0.717, 1.165) is 12.0 Å². The monoisotopic (exact) mass is 402 g/mol. The van der Waals surface area contributed by atoms with Crippen molar-refractivity contribution < 1.29 is 22.7 Å². The van der Waals surface area contributed by atoms with Gasteiger partial charge in [-0.05, 0) is 47.9 Å². The van der Waals surface area contributed by atoms with Gasteiger partial charge < -0.3 is 10.1 Å². The van der Waals surface area contributed by atoms with Gasteiger partial charge in [0, 0.05) is 11.8 Å². The van der Waals surface area contributed by atoms with Crippen LogP contribution in [-0.2, 0) is 30.8 Å². The summed E-state index contributed by atoms with van der Waals surface area (Å²) >= 11 is 0. The van der Waals surface area contributed by atoms with E-state index in [2.05, 4.69) is 21.7 Å². The summed E-state index contributed by atoms with van der Waals surface area (Å²) in [6, 6.07) is 13.5. The summed E-state index contributed by atoms with van der Waals surface area (Å²) in [6.45, 7) is 1.62. The van der Waals surface area contributed by atoms with Crippen LogP contribution < -0.4 is 10.0 Å². The van der Waals surface area contributed by atoms with Crippen molar-refractivity contribution in [2.45, 2.75) is 18.2 Å². The first kappa shape index (κ1) is 21.3. The van der Waals surface area contributed by atoms with Gasteiger partial charge >= 0.3 is 5.97 Å². The number of sulfonamides is 1. The zero-order chi connectivity index (χ0) is 20.6. The highest BCUT2D eigenvalue weighted by atomic mass is 32.2. The van der Waals surface area contributed by atoms with E-state index in [0.29, 0.717) is 5.69 Å². The Balaban J connectivity index is 1.96. The van der Waals surface area contributed by atoms with Crippen LogP contribution in [0.5, 0.6) is 0 Å². The second-order valence-corrected chi connectivity index (χ2v) is 7.61. The van der Waals surface area contributed by atoms with Gasteiger partial charge in [0.05, 0.1) is 12.0 Å². The van der Waals surface area contributed by atoms with E-state index in [9.17, 15) is 18.0 Å². The average Bonchev–Trinajstić information content (AvgIpc) is 2.71. The fourth-order valence-corrected chi connectivity index (χ4v) is 3.22. The Morgan fingerprint density at radius 3 is 2.25 bits per heavy atom. The van der Waals surface area contributed by atoms with E-state index in [1.165, 1.54) is 43.0 Å². The zero-order valence-electron chi connectivity index (χ0n) is 15.6. The van der Waals surface area contributed by atoms with E-state index in [4.69, 9.17) is 0 Å². The third-order valence-electron chi connectivity index (χ3n) is 3.88. The number of hydrogen-bond acceptors (Lipinski definition) is 5. The lowest BCUT2D eigenvalue weighted by Gasteiger charge is -2.07. The Bertz CT molecular complexity index is 949. The predicted molar refractivity (Wildman–Crippen MR) is 107 cm³/mol. The molecule has 2 aromatic rings. The molecule has 0 heterocycles. The quantitative estimate of drug-likeness (QED) is 0.521. The largest absolute Gasteiger partial charge is 0.468 e. The van der Waals surface area contributed by atoms with Crippen LogP contribution in [0.2, 0.25) is 0 Å². The van der Waals surface area contributed by atoms with E-state index >= 15 is 0 Å². The molecule has 0 unspecified atom stereocenters. The Labute approximate surface area is 164 Å². The zero-order valence-corrected chi connectivity index (χ0v) is 16.5. The highest BCUT2D eigenvalue weighted by Gasteiger charge is 2.15. The number of carbonyl (C=O) groups excluding carboxylic acids is 2. The van der Waals surface area contributed by atoms with E-state index in [1.54, 1.807) is 6.08 Å². The first-order chi connectivity index (χ1) is 13.3. The molecule has 0 atom stereocenters. The number of methoxy groups -OCH3 is 1. The van der Waals surface area contributed by atoms with Crippen molar-refractivity contribution in [3.05, 3.63) is 65.7 Å². The summed E-state index contributed by atoms with van der Waals surface area (Å²) in [6.07, 6.45) is 4.06. The number of esters is 1. The molecule has 28 heavy (non-hydrogen) atoms. The molecule has 2 rings (SSSR count). The van der Waals surface area contributed by atoms with Crippen molar-refractivity contribution in [1.29, 1.82) is 0 Å². The molecule has 0 saturated heterocycles. The van der Waals surface area contributed by atoms with Crippen molar-refractivity contribution >= 4 is 33.7 Å². The molecule has 0 radical (unpaired) electrons. The van der Waals surface area contributed by atoms with E-state index in [-0.39, 0.29) is 10.8 Å². The second kappa shape index (κ2) is 9.82. The first-order valence-electron chi connectivity index (χ1n) is 8.58. The van der Waals surface area contributed by atoms with Crippen LogP contribution in [0, 0.1) is 0 Å². The molecule has 1 amide bonds. The van der Waals surface area contributed by atoms with Gasteiger partial charge in [-0.1, -0.05) is 31.2 Å². The van der Waals surface area contributed by atoms with Crippen LogP contribution >= 0.6 is 0 Å². The molecular formula is C20H22N2O5S. The number of aryl methyl sites for hydroxylation is 1. The Morgan fingerprint density at radius 1 is 1.04 bits per heavy atom. The van der Waals surface area contributed by atoms with Gasteiger partial charge in [0.1, 0.15) is 6.54 Å². The SMILES string of the molecule is CCc1ccc(/C=C/C(=O)Nc2ccc(S(=O)(=O)NCC(=O)OC)cc2)cc1. The molecule has 7 nitrogen and oxygen atoms in total. The number of ether oxygens (including phenoxy) is 1. The summed E-state index contributed by atoms with van der Waals surface area (Å²) in [5.41, 5.74) is 2.58. The van der Waals surface area contributed by atoms with E-state index in [1.807, 2.05) is 24.3 Å². The molecular weight excluding hydrogens is 380 g/mol. The number of rotatable bonds is 8. The lowest BCUT2D eigenvalue weighted by molar-refractivity contribution is -0.139. The van der Waals surface area contributed by atoms with Gasteiger partial charge in [-0.2, -0.15) is 4.72 Å². The molecule has 0 fully saturated rings. The summed E-state index contributed by atoms with van der Waals surface area (Å²) in [7, 11) is -2.67. The Kier molecular flexibility index (Phi) is 7.48. The van der Waals surface area contributed by atoms with Gasteiger partial charge in [0.15, 0.2) is 0 Å². The second-order valence-electron chi connectivity index (χ2n) is 5.84. The molecule has 0 saturated carbocycles. The lowest BCUT2D eigenvalue weighted by Crippen LogP contribution is -2.30. The molecule has 8 heteroatoms. The molecule has 0 aliphatic carbocycles. The van der Waals surface area contributed by atoms with Gasteiger partial charge in [-0.15, -0.1) is 0 Å². The maximum absolute atomic E-state index is 12.1. The molecule has 0 aliphatic heterocycles. The summed E-state index contributed by atoms with van der Waals surface area (Å²) in [5.74, 6) is -1.03. The maximum atomic E-state index is 12.1. The number of amides is 1. The molecule has 0 spiro atoms. The van der Waals surface area contributed by atoms with Crippen LogP contribution in [0.15, 0.2) is 59.5 Å². The van der Waals surface area contributed by atoms with Gasteiger partial charge in [-0.3, -0.25) is 9.59 Å². The molecule has 0 bridgehead atoms. The Morgan fingerprint density at radius 2 is 1.68 bits per heavy atom. The predicted octanol–water partition coefficient (Wildman–Crippen LogP) is 2.35. The topological polar surface area (TPSA) is 102 Å². The van der Waals surface area contributed by atoms with Crippen LogP contribution in [0.25, 0.3) is 6.08 Å². The maximum Gasteiger partial charge on any atom is 0.320 e. The van der Waals surface area contributed by atoms with Crippen molar-refractivity contribution in [1.82, 2.24) is 4.72 Å². The van der Waals surface area contributed by atoms with Crippen LogP contribution in [0.3, 0.4) is 0 Å². The molecule has 2 N–H and O–H groups in total. The molecule has 2 aromatic carbocycles. The number of anilines is 1. The van der Waals surface area contributed by atoms with Crippen LogP contribution in [-0.4, -0.2) is 33.9 Å². The summed E-state index contributed by atoms with van der Waals surface area (Å²) in [5, 5.41) is 2.66. The first-order valence-corrected chi connectivity index (χ1v) is 10.1. The minimum absolute atomic E-state index is 0.0269. The van der Waals surface area contributed by atoms with Crippen molar-refractivity contribution in [2.75, 3.05) is 19.0 Å². The Hall–Kier alpha value is -2.97. The van der Waals surface area contributed by atoms with Crippen molar-refractivity contribution in [3.63, 3.8) is 0 Å².